The normalized spacial score (nSPS) is 13.4. The van der Waals surface area contributed by atoms with Gasteiger partial charge in [0.25, 0.3) is 0 Å². The summed E-state index contributed by atoms with van der Waals surface area (Å²) in [5.74, 6) is -0.769. The minimum atomic E-state index is -2.47. The van der Waals surface area contributed by atoms with Gasteiger partial charge in [-0.25, -0.2) is 9.59 Å². The molecule has 0 aliphatic heterocycles. The molecule has 0 radical (unpaired) electrons. The van der Waals surface area contributed by atoms with E-state index in [4.69, 9.17) is 22.4 Å². The summed E-state index contributed by atoms with van der Waals surface area (Å²) in [6, 6.07) is 0.552. The van der Waals surface area contributed by atoms with Crippen molar-refractivity contribution in [3.05, 3.63) is 24.3 Å². The molecule has 32 heavy (non-hydrogen) atoms. The number of ether oxygens (including phenoxy) is 2. The maximum Gasteiger partial charge on any atom is 0.337 e. The van der Waals surface area contributed by atoms with E-state index in [9.17, 15) is 9.59 Å². The van der Waals surface area contributed by atoms with Crippen molar-refractivity contribution < 1.29 is 32.0 Å². The molecule has 0 aromatic rings. The summed E-state index contributed by atoms with van der Waals surface area (Å²) < 4.78 is 28.4. The summed E-state index contributed by atoms with van der Waals surface area (Å²) in [5.41, 5.74) is 0.910. The lowest BCUT2D eigenvalue weighted by Gasteiger charge is -2.32. The average Bonchev–Trinajstić information content (AvgIpc) is 2.66. The molecule has 0 fully saturated rings. The van der Waals surface area contributed by atoms with Crippen LogP contribution in [-0.2, 0) is 32.0 Å². The van der Waals surface area contributed by atoms with Gasteiger partial charge in [-0.3, -0.25) is 0 Å². The predicted molar refractivity (Wildman–Crippen MR) is 136 cm³/mol. The van der Waals surface area contributed by atoms with Crippen molar-refractivity contribution in [2.24, 2.45) is 0 Å². The van der Waals surface area contributed by atoms with Gasteiger partial charge in [0.15, 0.2) is 16.6 Å². The summed E-state index contributed by atoms with van der Waals surface area (Å²) in [7, 11) is -2.90. The lowest BCUT2D eigenvalue weighted by Crippen LogP contribution is -2.43. The Morgan fingerprint density at radius 1 is 0.844 bits per heavy atom. The Kier molecular flexibility index (Phi) is 13.2. The first kappa shape index (κ1) is 31.0. The van der Waals surface area contributed by atoms with Gasteiger partial charge < -0.3 is 22.4 Å². The van der Waals surface area contributed by atoms with E-state index in [1.165, 1.54) is 0 Å². The van der Waals surface area contributed by atoms with E-state index in [2.05, 4.69) is 45.9 Å². The molecule has 0 amide bonds. The van der Waals surface area contributed by atoms with E-state index in [0.29, 0.717) is 36.6 Å². The third-order valence-electron chi connectivity index (χ3n) is 5.04. The van der Waals surface area contributed by atoms with Crippen LogP contribution in [0, 0.1) is 0 Å². The number of hydrogen-bond donors (Lipinski definition) is 0. The summed E-state index contributed by atoms with van der Waals surface area (Å²) >= 11 is 0. The van der Waals surface area contributed by atoms with Crippen LogP contribution in [0.4, 0.5) is 0 Å². The van der Waals surface area contributed by atoms with Gasteiger partial charge in [0.2, 0.25) is 0 Å². The molecule has 186 valence electrons. The molecule has 0 N–H and O–H groups in total. The van der Waals surface area contributed by atoms with Crippen LogP contribution in [0.3, 0.4) is 0 Å². The standard InChI is InChI=1S/C22H44O7Si3/c1-18(2)21(23)27-15-12-13-20(32(11,25-4)26-5)14-16-28-22(24)19(3)17-31(9,10)29-30(6,7)8/h20H,1,3,12-17H2,2,4-11H3. The molecular formula is C22H44O7Si3. The van der Waals surface area contributed by atoms with Crippen molar-refractivity contribution >= 4 is 37.1 Å². The van der Waals surface area contributed by atoms with Crippen LogP contribution in [0.5, 0.6) is 0 Å². The fraction of sp³-hybridized carbons (Fsp3) is 0.727. The van der Waals surface area contributed by atoms with Gasteiger partial charge in [-0.05, 0) is 71.5 Å². The molecule has 1 atom stereocenters. The molecule has 0 bridgehead atoms. The van der Waals surface area contributed by atoms with Gasteiger partial charge in [-0.1, -0.05) is 13.2 Å². The molecule has 0 aliphatic rings. The number of esters is 2. The molecule has 0 aromatic heterocycles. The second-order valence-corrected chi connectivity index (χ2v) is 22.4. The predicted octanol–water partition coefficient (Wildman–Crippen LogP) is 5.17. The average molecular weight is 505 g/mol. The van der Waals surface area contributed by atoms with Crippen molar-refractivity contribution in [3.8, 4) is 0 Å². The second kappa shape index (κ2) is 13.6. The Morgan fingerprint density at radius 2 is 1.38 bits per heavy atom. The molecule has 0 rings (SSSR count). The van der Waals surface area contributed by atoms with Crippen LogP contribution < -0.4 is 0 Å². The Morgan fingerprint density at radius 3 is 1.84 bits per heavy atom. The highest BCUT2D eigenvalue weighted by Crippen LogP contribution is 2.32. The monoisotopic (exact) mass is 504 g/mol. The van der Waals surface area contributed by atoms with Gasteiger partial charge in [0.05, 0.1) is 13.2 Å². The zero-order valence-corrected chi connectivity index (χ0v) is 24.6. The summed E-state index contributed by atoms with van der Waals surface area (Å²) in [6.07, 6.45) is 1.99. The fourth-order valence-corrected chi connectivity index (χ4v) is 13.8. The molecule has 1 unspecified atom stereocenters. The van der Waals surface area contributed by atoms with Gasteiger partial charge >= 0.3 is 20.5 Å². The highest BCUT2D eigenvalue weighted by atomic mass is 28.4. The van der Waals surface area contributed by atoms with E-state index < -0.39 is 31.2 Å². The first-order valence-corrected chi connectivity index (χ1v) is 20.0. The molecule has 0 aliphatic carbocycles. The molecule has 7 nitrogen and oxygen atoms in total. The summed E-state index contributed by atoms with van der Waals surface area (Å²) in [4.78, 5) is 24.0. The molecule has 0 saturated heterocycles. The van der Waals surface area contributed by atoms with Crippen LogP contribution in [0.25, 0.3) is 0 Å². The van der Waals surface area contributed by atoms with Gasteiger partial charge in [0.1, 0.15) is 0 Å². The Labute approximate surface area is 198 Å². The zero-order chi connectivity index (χ0) is 25.2. The lowest BCUT2D eigenvalue weighted by atomic mass is 10.2. The number of hydrogen-bond acceptors (Lipinski definition) is 7. The molecule has 0 aromatic carbocycles. The minimum absolute atomic E-state index is 0.0723. The van der Waals surface area contributed by atoms with Crippen molar-refractivity contribution in [1.29, 1.82) is 0 Å². The van der Waals surface area contributed by atoms with Crippen LogP contribution in [-0.4, -0.2) is 64.6 Å². The molecular weight excluding hydrogens is 460 g/mol. The minimum Gasteiger partial charge on any atom is -0.462 e. The number of carbonyl (C=O) groups excluding carboxylic acids is 2. The van der Waals surface area contributed by atoms with Crippen LogP contribution in [0.15, 0.2) is 24.3 Å². The molecule has 0 saturated carbocycles. The maximum atomic E-state index is 12.5. The number of rotatable bonds is 16. The second-order valence-electron chi connectivity index (χ2n) is 9.86. The Balaban J connectivity index is 4.79. The van der Waals surface area contributed by atoms with Gasteiger partial charge in [-0.2, -0.15) is 0 Å². The summed E-state index contributed by atoms with van der Waals surface area (Å²) in [6.45, 7) is 22.3. The third kappa shape index (κ3) is 12.3. The first-order valence-electron chi connectivity index (χ1n) is 11.0. The smallest absolute Gasteiger partial charge is 0.337 e. The van der Waals surface area contributed by atoms with E-state index in [-0.39, 0.29) is 18.1 Å². The van der Waals surface area contributed by atoms with E-state index in [1.807, 2.05) is 6.55 Å². The SMILES string of the molecule is C=C(C)C(=O)OCCCC(CCOC(=O)C(=C)C[Si](C)(C)O[Si](C)(C)C)[Si](C)(OC)OC. The van der Waals surface area contributed by atoms with Gasteiger partial charge in [-0.15, -0.1) is 0 Å². The van der Waals surface area contributed by atoms with Crippen LogP contribution >= 0.6 is 0 Å². The van der Waals surface area contributed by atoms with Crippen molar-refractivity contribution in [2.75, 3.05) is 27.4 Å². The highest BCUT2D eigenvalue weighted by molar-refractivity contribution is 6.84. The summed E-state index contributed by atoms with van der Waals surface area (Å²) in [5, 5.41) is 0. The van der Waals surface area contributed by atoms with Crippen molar-refractivity contribution in [1.82, 2.24) is 0 Å². The lowest BCUT2D eigenvalue weighted by molar-refractivity contribution is -0.140. The highest BCUT2D eigenvalue weighted by Gasteiger charge is 2.39. The Bertz CT molecular complexity index is 652. The van der Waals surface area contributed by atoms with Crippen LogP contribution in [0.2, 0.25) is 50.9 Å². The molecule has 0 heterocycles. The molecule has 0 spiro atoms. The topological polar surface area (TPSA) is 80.3 Å². The van der Waals surface area contributed by atoms with E-state index in [1.54, 1.807) is 21.1 Å². The number of carbonyl (C=O) groups is 2. The van der Waals surface area contributed by atoms with E-state index >= 15 is 0 Å². The third-order valence-corrected chi connectivity index (χ3v) is 14.7. The molecule has 10 heteroatoms. The zero-order valence-electron chi connectivity index (χ0n) is 21.6. The van der Waals surface area contributed by atoms with E-state index in [0.717, 1.165) is 6.42 Å². The fourth-order valence-electron chi connectivity index (χ4n) is 3.55. The van der Waals surface area contributed by atoms with Crippen molar-refractivity contribution in [2.45, 2.75) is 77.1 Å². The Hall–Kier alpha value is -1.05. The van der Waals surface area contributed by atoms with Crippen LogP contribution in [0.1, 0.15) is 26.2 Å². The van der Waals surface area contributed by atoms with Crippen molar-refractivity contribution in [3.63, 3.8) is 0 Å². The first-order chi connectivity index (χ1) is 14.6. The largest absolute Gasteiger partial charge is 0.462 e. The maximum absolute atomic E-state index is 12.5. The quantitative estimate of drug-likeness (QED) is 0.124. The van der Waals surface area contributed by atoms with Gasteiger partial charge in [0, 0.05) is 30.9 Å².